The van der Waals surface area contributed by atoms with E-state index in [1.54, 1.807) is 36.4 Å². The van der Waals surface area contributed by atoms with Crippen molar-refractivity contribution in [3.05, 3.63) is 66.4 Å². The molecule has 26 heavy (non-hydrogen) atoms. The molecular weight excluding hydrogens is 344 g/mol. The monoisotopic (exact) mass is 365 g/mol. The zero-order valence-corrected chi connectivity index (χ0v) is 15.5. The molecule has 4 rings (SSSR count). The van der Waals surface area contributed by atoms with Crippen molar-refractivity contribution in [2.24, 2.45) is 0 Å². The molecule has 0 unspecified atom stereocenters. The third-order valence-electron chi connectivity index (χ3n) is 5.02. The Labute approximate surface area is 153 Å². The van der Waals surface area contributed by atoms with Crippen molar-refractivity contribution < 1.29 is 13.0 Å². The minimum absolute atomic E-state index is 0.229. The van der Waals surface area contributed by atoms with Crippen LogP contribution in [0.2, 0.25) is 0 Å². The number of hydrogen-bond donors (Lipinski definition) is 0. The normalized spacial score (nSPS) is 14.7. The lowest BCUT2D eigenvalue weighted by Gasteiger charge is -2.08. The van der Waals surface area contributed by atoms with Gasteiger partial charge < -0.3 is 0 Å². The van der Waals surface area contributed by atoms with Crippen molar-refractivity contribution in [1.29, 1.82) is 0 Å². The molecule has 1 fully saturated rings. The molecule has 3 aromatic rings. The van der Waals surface area contributed by atoms with E-state index in [1.807, 2.05) is 12.1 Å². The minimum Gasteiger partial charge on any atom is -0.254 e. The van der Waals surface area contributed by atoms with Gasteiger partial charge in [0.25, 0.3) is 0 Å². The fraction of sp³-hybridized carbons (Fsp3) is 0.238. The summed E-state index contributed by atoms with van der Waals surface area (Å²) in [6, 6.07) is 16.2. The Balaban J connectivity index is 1.84. The topological polar surface area (TPSA) is 50.0 Å². The van der Waals surface area contributed by atoms with E-state index in [0.29, 0.717) is 0 Å². The Morgan fingerprint density at radius 3 is 2.42 bits per heavy atom. The van der Waals surface area contributed by atoms with Gasteiger partial charge in [0.15, 0.2) is 5.71 Å². The van der Waals surface area contributed by atoms with Crippen LogP contribution in [0, 0.1) is 0 Å². The van der Waals surface area contributed by atoms with Gasteiger partial charge in [0.2, 0.25) is 9.84 Å². The zero-order chi connectivity index (χ0) is 18.1. The highest BCUT2D eigenvalue weighted by molar-refractivity contribution is 7.91. The molecule has 0 spiro atoms. The molecule has 4 nitrogen and oxygen atoms in total. The van der Waals surface area contributed by atoms with Crippen LogP contribution in [-0.4, -0.2) is 36.8 Å². The first kappa shape index (κ1) is 16.9. The molecule has 2 heterocycles. The van der Waals surface area contributed by atoms with E-state index in [4.69, 9.17) is 0 Å². The second-order valence-electron chi connectivity index (χ2n) is 6.64. The van der Waals surface area contributed by atoms with Gasteiger partial charge in [-0.3, -0.25) is 4.98 Å². The van der Waals surface area contributed by atoms with Crippen molar-refractivity contribution in [3.8, 4) is 0 Å². The van der Waals surface area contributed by atoms with Gasteiger partial charge in [-0.15, -0.1) is 0 Å². The molecule has 0 bridgehead atoms. The maximum Gasteiger partial charge on any atom is 0.208 e. The number of nitrogens with zero attached hydrogens (tertiary/aromatic N) is 2. The first-order chi connectivity index (χ1) is 12.6. The van der Waals surface area contributed by atoms with Crippen molar-refractivity contribution in [2.45, 2.75) is 29.6 Å². The molecule has 0 radical (unpaired) electrons. The summed E-state index contributed by atoms with van der Waals surface area (Å²) in [5.74, 6) is 0. The number of fused-ring (bicyclic) bond motifs is 1. The van der Waals surface area contributed by atoms with Crippen LogP contribution in [0.4, 0.5) is 0 Å². The lowest BCUT2D eigenvalue weighted by molar-refractivity contribution is -0.505. The van der Waals surface area contributed by atoms with E-state index in [1.165, 1.54) is 24.8 Å². The van der Waals surface area contributed by atoms with E-state index in [9.17, 15) is 8.42 Å². The van der Waals surface area contributed by atoms with E-state index >= 15 is 0 Å². The van der Waals surface area contributed by atoms with Gasteiger partial charge in [0, 0.05) is 31.3 Å². The van der Waals surface area contributed by atoms with Gasteiger partial charge in [-0.05, 0) is 24.3 Å². The standard InChI is InChI=1S/C21H21N2O2S/c1-16(23-12-5-6-13-23)20-11-7-8-17-14-19(15-22-21(17)20)26(24,25)18-9-3-2-4-10-18/h2-4,7-11,14-15H,5-6,12-13H2,1H3/q+1. The summed E-state index contributed by atoms with van der Waals surface area (Å²) in [6.07, 6.45) is 3.91. The predicted molar refractivity (Wildman–Crippen MR) is 103 cm³/mol. The number of benzene rings is 2. The van der Waals surface area contributed by atoms with Crippen molar-refractivity contribution in [2.75, 3.05) is 13.1 Å². The van der Waals surface area contributed by atoms with E-state index in [0.717, 1.165) is 29.6 Å². The molecule has 1 saturated heterocycles. The summed E-state index contributed by atoms with van der Waals surface area (Å²) in [5.41, 5.74) is 3.14. The van der Waals surface area contributed by atoms with Crippen LogP contribution in [0.5, 0.6) is 0 Å². The van der Waals surface area contributed by atoms with Crippen LogP contribution in [-0.2, 0) is 9.84 Å². The molecule has 2 aromatic carbocycles. The Morgan fingerprint density at radius 2 is 1.69 bits per heavy atom. The van der Waals surface area contributed by atoms with Gasteiger partial charge in [0.05, 0.1) is 20.9 Å². The molecular formula is C21H21N2O2S+. The van der Waals surface area contributed by atoms with Crippen LogP contribution in [0.1, 0.15) is 25.3 Å². The summed E-state index contributed by atoms with van der Waals surface area (Å²) >= 11 is 0. The largest absolute Gasteiger partial charge is 0.254 e. The number of pyridine rings is 1. The van der Waals surface area contributed by atoms with Crippen LogP contribution in [0.3, 0.4) is 0 Å². The Kier molecular flexibility index (Phi) is 4.32. The van der Waals surface area contributed by atoms with Crippen molar-refractivity contribution in [1.82, 2.24) is 4.98 Å². The second kappa shape index (κ2) is 6.65. The van der Waals surface area contributed by atoms with Gasteiger partial charge in [-0.2, -0.15) is 0 Å². The van der Waals surface area contributed by atoms with E-state index < -0.39 is 9.84 Å². The SMILES string of the molecule is CC(c1cccc2cc(S(=O)(=O)c3ccccc3)cnc12)=[N+]1CCCC1. The van der Waals surface area contributed by atoms with Crippen molar-refractivity contribution >= 4 is 26.5 Å². The molecule has 0 N–H and O–H groups in total. The number of sulfone groups is 1. The summed E-state index contributed by atoms with van der Waals surface area (Å²) in [6.45, 7) is 4.27. The molecule has 1 aromatic heterocycles. The molecule has 5 heteroatoms. The first-order valence-electron chi connectivity index (χ1n) is 8.85. The van der Waals surface area contributed by atoms with Crippen molar-refractivity contribution in [3.63, 3.8) is 0 Å². The summed E-state index contributed by atoms with van der Waals surface area (Å²) in [5, 5.41) is 0.845. The average molecular weight is 365 g/mol. The zero-order valence-electron chi connectivity index (χ0n) is 14.7. The third-order valence-corrected chi connectivity index (χ3v) is 6.76. The maximum absolute atomic E-state index is 12.9. The van der Waals surface area contributed by atoms with Gasteiger partial charge >= 0.3 is 0 Å². The Hall–Kier alpha value is -2.53. The lowest BCUT2D eigenvalue weighted by atomic mass is 10.1. The molecule has 1 aliphatic heterocycles. The van der Waals surface area contributed by atoms with Crippen LogP contribution < -0.4 is 0 Å². The fourth-order valence-corrected chi connectivity index (χ4v) is 4.80. The highest BCUT2D eigenvalue weighted by Gasteiger charge is 2.22. The molecule has 132 valence electrons. The number of aromatic nitrogens is 1. The molecule has 0 atom stereocenters. The quantitative estimate of drug-likeness (QED) is 0.665. The third kappa shape index (κ3) is 2.92. The molecule has 0 amide bonds. The molecule has 0 saturated carbocycles. The van der Waals surface area contributed by atoms with E-state index in [-0.39, 0.29) is 9.79 Å². The lowest BCUT2D eigenvalue weighted by Crippen LogP contribution is -2.17. The predicted octanol–water partition coefficient (Wildman–Crippen LogP) is 3.68. The highest BCUT2D eigenvalue weighted by Crippen LogP contribution is 2.25. The second-order valence-corrected chi connectivity index (χ2v) is 8.59. The smallest absolute Gasteiger partial charge is 0.208 e. The van der Waals surface area contributed by atoms with Gasteiger partial charge in [0.1, 0.15) is 13.1 Å². The molecule has 1 aliphatic rings. The van der Waals surface area contributed by atoms with Gasteiger partial charge in [-0.1, -0.05) is 30.3 Å². The highest BCUT2D eigenvalue weighted by atomic mass is 32.2. The van der Waals surface area contributed by atoms with Gasteiger partial charge in [-0.25, -0.2) is 13.0 Å². The van der Waals surface area contributed by atoms with Crippen LogP contribution in [0.15, 0.2) is 70.6 Å². The van der Waals surface area contributed by atoms with Crippen LogP contribution >= 0.6 is 0 Å². The summed E-state index contributed by atoms with van der Waals surface area (Å²) < 4.78 is 28.1. The fourth-order valence-electron chi connectivity index (χ4n) is 3.54. The first-order valence-corrected chi connectivity index (χ1v) is 10.3. The number of hydrogen-bond acceptors (Lipinski definition) is 3. The van der Waals surface area contributed by atoms with Crippen LogP contribution in [0.25, 0.3) is 10.9 Å². The van der Waals surface area contributed by atoms with E-state index in [2.05, 4.69) is 22.5 Å². The number of rotatable bonds is 3. The average Bonchev–Trinajstić information content (AvgIpc) is 3.22. The summed E-state index contributed by atoms with van der Waals surface area (Å²) in [7, 11) is -3.56. The minimum atomic E-state index is -3.56. The summed E-state index contributed by atoms with van der Waals surface area (Å²) in [4.78, 5) is 5.06. The Bertz CT molecular complexity index is 1100. The number of para-hydroxylation sites is 1. The molecule has 0 aliphatic carbocycles. The maximum atomic E-state index is 12.9. The Morgan fingerprint density at radius 1 is 0.962 bits per heavy atom.